The molecule has 3 N–H and O–H groups in total. The largest absolute Gasteiger partial charge is 0.466 e. The fraction of sp³-hybridized carbons (Fsp3) is 0.838. The zero-order valence-corrected chi connectivity index (χ0v) is 53.6. The molecule has 2 atom stereocenters. The van der Waals surface area contributed by atoms with Crippen LogP contribution >= 0.6 is 0 Å². The lowest BCUT2D eigenvalue weighted by atomic mass is 10.0. The van der Waals surface area contributed by atoms with E-state index in [1.807, 2.05) is 6.08 Å². The van der Waals surface area contributed by atoms with Gasteiger partial charge in [-0.3, -0.25) is 9.59 Å². The standard InChI is InChI=1S/C74H137NO5/c1-3-5-7-9-11-13-15-17-19-20-32-35-39-42-46-50-54-58-62-66-72(77)71(70-76)75-73(78)67-63-59-55-51-47-43-40-36-33-30-28-26-24-22-21-23-25-27-29-31-34-37-41-45-49-53-57-61-65-69-80-74(79)68-64-60-56-52-48-44-38-18-16-14-12-10-8-6-4-2/h12,14,18,21,23,27,29,38,62,66,71-72,76-77H,3-11,13,15-17,19-20,22,24-26,28,30-37,39-61,63-65,67-70H2,1-2H3,(H,75,78)/b14-12-,23-21-,29-27-,38-18-,66-62+. The molecule has 0 rings (SSSR count). The fourth-order valence-electron chi connectivity index (χ4n) is 10.8. The second kappa shape index (κ2) is 69.1. The highest BCUT2D eigenvalue weighted by Crippen LogP contribution is 2.18. The third kappa shape index (κ3) is 64.7. The number of aliphatic hydroxyl groups excluding tert-OH is 2. The van der Waals surface area contributed by atoms with Gasteiger partial charge in [-0.2, -0.15) is 0 Å². The van der Waals surface area contributed by atoms with E-state index in [2.05, 4.69) is 67.8 Å². The summed E-state index contributed by atoms with van der Waals surface area (Å²) in [4.78, 5) is 24.6. The minimum absolute atomic E-state index is 0.00251. The Morgan fingerprint density at radius 1 is 0.350 bits per heavy atom. The normalized spacial score (nSPS) is 12.9. The summed E-state index contributed by atoms with van der Waals surface area (Å²) in [6, 6.07) is -0.631. The molecule has 0 heterocycles. The van der Waals surface area contributed by atoms with Crippen LogP contribution in [0.5, 0.6) is 0 Å². The highest BCUT2D eigenvalue weighted by atomic mass is 16.5. The number of aliphatic hydroxyl groups is 2. The first-order valence-corrected chi connectivity index (χ1v) is 35.6. The summed E-state index contributed by atoms with van der Waals surface area (Å²) < 4.78 is 5.48. The van der Waals surface area contributed by atoms with Crippen LogP contribution in [-0.4, -0.2) is 47.4 Å². The van der Waals surface area contributed by atoms with Gasteiger partial charge in [0.25, 0.3) is 0 Å². The summed E-state index contributed by atoms with van der Waals surface area (Å²) in [6.07, 6.45) is 91.5. The van der Waals surface area contributed by atoms with Crippen molar-refractivity contribution in [1.29, 1.82) is 0 Å². The predicted octanol–water partition coefficient (Wildman–Crippen LogP) is 23.0. The van der Waals surface area contributed by atoms with Gasteiger partial charge in [0.15, 0.2) is 0 Å². The Morgan fingerprint density at radius 2 is 0.625 bits per heavy atom. The number of carbonyl (C=O) groups is 2. The molecule has 0 fully saturated rings. The molecule has 0 aliphatic rings. The van der Waals surface area contributed by atoms with Crippen LogP contribution < -0.4 is 5.32 Å². The van der Waals surface area contributed by atoms with E-state index in [-0.39, 0.29) is 18.5 Å². The van der Waals surface area contributed by atoms with Gasteiger partial charge in [0, 0.05) is 12.8 Å². The smallest absolute Gasteiger partial charge is 0.305 e. The second-order valence-corrected chi connectivity index (χ2v) is 24.2. The van der Waals surface area contributed by atoms with Crippen molar-refractivity contribution in [2.75, 3.05) is 13.2 Å². The average Bonchev–Trinajstić information content (AvgIpc) is 3.46. The maximum atomic E-state index is 12.5. The van der Waals surface area contributed by atoms with Crippen molar-refractivity contribution in [1.82, 2.24) is 5.32 Å². The molecule has 0 saturated carbocycles. The number of rotatable bonds is 66. The summed E-state index contributed by atoms with van der Waals surface area (Å²) in [5.41, 5.74) is 0. The summed E-state index contributed by atoms with van der Waals surface area (Å²) in [6.45, 7) is 4.89. The van der Waals surface area contributed by atoms with Crippen molar-refractivity contribution >= 4 is 11.9 Å². The third-order valence-electron chi connectivity index (χ3n) is 16.3. The van der Waals surface area contributed by atoms with Gasteiger partial charge in [0.05, 0.1) is 25.4 Å². The molecule has 0 bridgehead atoms. The Bertz CT molecular complexity index is 1380. The van der Waals surface area contributed by atoms with E-state index in [0.717, 1.165) is 57.8 Å². The van der Waals surface area contributed by atoms with Crippen molar-refractivity contribution in [3.05, 3.63) is 60.8 Å². The van der Waals surface area contributed by atoms with Crippen LogP contribution in [0, 0.1) is 0 Å². The van der Waals surface area contributed by atoms with Gasteiger partial charge < -0.3 is 20.3 Å². The van der Waals surface area contributed by atoms with Crippen molar-refractivity contribution < 1.29 is 24.5 Å². The molecule has 6 heteroatoms. The number of hydrogen-bond acceptors (Lipinski definition) is 5. The minimum Gasteiger partial charge on any atom is -0.466 e. The average molecular weight is 1120 g/mol. The molecule has 0 spiro atoms. The lowest BCUT2D eigenvalue weighted by molar-refractivity contribution is -0.143. The first-order valence-electron chi connectivity index (χ1n) is 35.6. The topological polar surface area (TPSA) is 95.9 Å². The third-order valence-corrected chi connectivity index (χ3v) is 16.3. The summed E-state index contributed by atoms with van der Waals surface area (Å²) in [5.74, 6) is -0.0692. The van der Waals surface area contributed by atoms with Crippen molar-refractivity contribution in [2.45, 2.75) is 386 Å². The van der Waals surface area contributed by atoms with Gasteiger partial charge in [-0.25, -0.2) is 0 Å². The van der Waals surface area contributed by atoms with Gasteiger partial charge in [0.2, 0.25) is 5.91 Å². The van der Waals surface area contributed by atoms with Crippen LogP contribution in [0.3, 0.4) is 0 Å². The van der Waals surface area contributed by atoms with E-state index in [1.165, 1.54) is 289 Å². The fourth-order valence-corrected chi connectivity index (χ4v) is 10.8. The predicted molar refractivity (Wildman–Crippen MR) is 352 cm³/mol. The maximum absolute atomic E-state index is 12.5. The van der Waals surface area contributed by atoms with Crippen LogP contribution in [-0.2, 0) is 14.3 Å². The Balaban J connectivity index is 3.44. The first kappa shape index (κ1) is 77.6. The number of ether oxygens (including phenoxy) is 1. The summed E-state index contributed by atoms with van der Waals surface area (Å²) in [5, 5.41) is 23.2. The summed E-state index contributed by atoms with van der Waals surface area (Å²) in [7, 11) is 0. The van der Waals surface area contributed by atoms with Gasteiger partial charge in [-0.15, -0.1) is 0 Å². The summed E-state index contributed by atoms with van der Waals surface area (Å²) >= 11 is 0. The number of esters is 1. The monoisotopic (exact) mass is 1120 g/mol. The molecule has 0 aliphatic carbocycles. The maximum Gasteiger partial charge on any atom is 0.305 e. The minimum atomic E-state index is -0.847. The second-order valence-electron chi connectivity index (χ2n) is 24.2. The van der Waals surface area contributed by atoms with E-state index >= 15 is 0 Å². The molecule has 80 heavy (non-hydrogen) atoms. The Morgan fingerprint density at radius 3 is 0.975 bits per heavy atom. The number of amides is 1. The molecule has 6 nitrogen and oxygen atoms in total. The van der Waals surface area contributed by atoms with E-state index in [4.69, 9.17) is 4.74 Å². The number of nitrogens with one attached hydrogen (secondary N) is 1. The highest BCUT2D eigenvalue weighted by molar-refractivity contribution is 5.76. The number of allylic oxidation sites excluding steroid dienone is 9. The zero-order chi connectivity index (χ0) is 57.8. The van der Waals surface area contributed by atoms with E-state index < -0.39 is 12.1 Å². The van der Waals surface area contributed by atoms with Gasteiger partial charge in [-0.05, 0) is 96.3 Å². The van der Waals surface area contributed by atoms with E-state index in [9.17, 15) is 19.8 Å². The molecule has 0 aliphatic heterocycles. The molecule has 0 aromatic heterocycles. The van der Waals surface area contributed by atoms with E-state index in [0.29, 0.717) is 19.4 Å². The lowest BCUT2D eigenvalue weighted by Crippen LogP contribution is -2.45. The quantitative estimate of drug-likeness (QED) is 0.0320. The number of unbranched alkanes of at least 4 members (excludes halogenated alkanes) is 47. The zero-order valence-electron chi connectivity index (χ0n) is 53.6. The molecule has 0 radical (unpaired) electrons. The van der Waals surface area contributed by atoms with Gasteiger partial charge >= 0.3 is 5.97 Å². The molecular weight excluding hydrogens is 983 g/mol. The van der Waals surface area contributed by atoms with Gasteiger partial charge in [0.1, 0.15) is 0 Å². The van der Waals surface area contributed by atoms with Crippen LogP contribution in [0.25, 0.3) is 0 Å². The van der Waals surface area contributed by atoms with Crippen LogP contribution in [0.2, 0.25) is 0 Å². The van der Waals surface area contributed by atoms with Crippen LogP contribution in [0.1, 0.15) is 373 Å². The highest BCUT2D eigenvalue weighted by Gasteiger charge is 2.18. The molecule has 0 saturated heterocycles. The molecule has 468 valence electrons. The van der Waals surface area contributed by atoms with Crippen molar-refractivity contribution in [2.24, 2.45) is 0 Å². The van der Waals surface area contributed by atoms with Crippen molar-refractivity contribution in [3.8, 4) is 0 Å². The lowest BCUT2D eigenvalue weighted by Gasteiger charge is -2.20. The number of hydrogen-bond donors (Lipinski definition) is 3. The molecule has 0 aromatic carbocycles. The van der Waals surface area contributed by atoms with Crippen molar-refractivity contribution in [3.63, 3.8) is 0 Å². The Labute approximate surface area is 499 Å². The SMILES string of the molecule is CCCCC/C=C\C/C=C\CCCCCCCC(=O)OCCCCCCCCCCC/C=C\C/C=C\CCCCCCCCCCCCCCCC(=O)NC(CO)C(O)/C=C/CCCCCCCCCCCCCCCCCCC. The molecular formula is C74H137NO5. The molecule has 2 unspecified atom stereocenters. The Kier molecular flexibility index (Phi) is 66.9. The van der Waals surface area contributed by atoms with Gasteiger partial charge in [-0.1, -0.05) is 325 Å². The van der Waals surface area contributed by atoms with E-state index in [1.54, 1.807) is 6.08 Å². The van der Waals surface area contributed by atoms with Crippen LogP contribution in [0.15, 0.2) is 60.8 Å². The first-order chi connectivity index (χ1) is 39.5. The molecule has 0 aromatic rings. The van der Waals surface area contributed by atoms with Crippen LogP contribution in [0.4, 0.5) is 0 Å². The molecule has 1 amide bonds. The number of carbonyl (C=O) groups excluding carboxylic acids is 2. The Hall–Kier alpha value is -2.44.